The molecule has 0 saturated carbocycles. The predicted molar refractivity (Wildman–Crippen MR) is 112 cm³/mol. The van der Waals surface area contributed by atoms with Gasteiger partial charge in [-0.1, -0.05) is 66.7 Å². The molecule has 0 aliphatic carbocycles. The van der Waals surface area contributed by atoms with E-state index in [0.717, 1.165) is 28.5 Å². The number of nitrogens with zero attached hydrogens (tertiary/aromatic N) is 1. The van der Waals surface area contributed by atoms with Gasteiger partial charge in [0.15, 0.2) is 0 Å². The number of H-pyrrole nitrogens is 1. The molecule has 1 aliphatic heterocycles. The van der Waals surface area contributed by atoms with Gasteiger partial charge in [-0.05, 0) is 34.7 Å². The second-order valence-electron chi connectivity index (χ2n) is 7.21. The van der Waals surface area contributed by atoms with Crippen LogP contribution in [0.3, 0.4) is 0 Å². The van der Waals surface area contributed by atoms with Crippen LogP contribution in [0.1, 0.15) is 22.7 Å². The van der Waals surface area contributed by atoms with Crippen LogP contribution in [0.15, 0.2) is 79.0 Å². The smallest absolute Gasteiger partial charge is 0.315 e. The molecule has 0 radical (unpaired) electrons. The number of primary amides is 1. The molecule has 4 aromatic rings. The van der Waals surface area contributed by atoms with Gasteiger partial charge in [0.2, 0.25) is 0 Å². The van der Waals surface area contributed by atoms with Gasteiger partial charge in [0.1, 0.15) is 0 Å². The third-order valence-electron chi connectivity index (χ3n) is 5.70. The predicted octanol–water partition coefficient (Wildman–Crippen LogP) is 4.86. The van der Waals surface area contributed by atoms with E-state index in [0.29, 0.717) is 6.54 Å². The Labute approximate surface area is 163 Å². The highest BCUT2D eigenvalue weighted by molar-refractivity contribution is 5.86. The van der Waals surface area contributed by atoms with Crippen molar-refractivity contribution in [3.05, 3.63) is 95.7 Å². The first-order valence-corrected chi connectivity index (χ1v) is 9.53. The van der Waals surface area contributed by atoms with Crippen LogP contribution in [0.25, 0.3) is 22.0 Å². The molecule has 0 saturated heterocycles. The Morgan fingerprint density at radius 1 is 0.929 bits per heavy atom. The summed E-state index contributed by atoms with van der Waals surface area (Å²) >= 11 is 0. The van der Waals surface area contributed by atoms with Crippen LogP contribution < -0.4 is 5.73 Å². The quantitative estimate of drug-likeness (QED) is 0.522. The summed E-state index contributed by atoms with van der Waals surface area (Å²) in [7, 11) is 0. The molecule has 4 heteroatoms. The van der Waals surface area contributed by atoms with Crippen molar-refractivity contribution in [3.63, 3.8) is 0 Å². The van der Waals surface area contributed by atoms with Gasteiger partial charge in [0, 0.05) is 29.2 Å². The average molecular weight is 367 g/mol. The van der Waals surface area contributed by atoms with Crippen molar-refractivity contribution in [2.24, 2.45) is 5.73 Å². The first kappa shape index (κ1) is 16.6. The average Bonchev–Trinajstić information content (AvgIpc) is 3.17. The fraction of sp³-hybridized carbons (Fsp3) is 0.125. The minimum Gasteiger partial charge on any atom is -0.361 e. The van der Waals surface area contributed by atoms with Crippen molar-refractivity contribution in [3.8, 4) is 11.1 Å². The molecular formula is C24H21N3O. The number of amides is 2. The third kappa shape index (κ3) is 2.57. The van der Waals surface area contributed by atoms with E-state index in [1.807, 2.05) is 24.4 Å². The molecule has 28 heavy (non-hydrogen) atoms. The lowest BCUT2D eigenvalue weighted by molar-refractivity contribution is 0.190. The normalized spacial score (nSPS) is 16.1. The minimum absolute atomic E-state index is 0.193. The van der Waals surface area contributed by atoms with Gasteiger partial charge in [-0.15, -0.1) is 0 Å². The number of aromatic amines is 1. The Hall–Kier alpha value is -3.53. The fourth-order valence-corrected chi connectivity index (χ4v) is 4.45. The Morgan fingerprint density at radius 3 is 2.54 bits per heavy atom. The lowest BCUT2D eigenvalue weighted by Gasteiger charge is -2.37. The van der Waals surface area contributed by atoms with E-state index in [-0.39, 0.29) is 12.1 Å². The molecule has 1 unspecified atom stereocenters. The second kappa shape index (κ2) is 6.57. The van der Waals surface area contributed by atoms with E-state index >= 15 is 0 Å². The van der Waals surface area contributed by atoms with Crippen molar-refractivity contribution in [2.45, 2.75) is 12.5 Å². The Bertz CT molecular complexity index is 1160. The highest BCUT2D eigenvalue weighted by Gasteiger charge is 2.33. The number of para-hydroxylation sites is 1. The summed E-state index contributed by atoms with van der Waals surface area (Å²) in [6.45, 7) is 0.607. The molecule has 138 valence electrons. The molecule has 0 spiro atoms. The molecule has 3 aromatic carbocycles. The first-order valence-electron chi connectivity index (χ1n) is 9.53. The largest absolute Gasteiger partial charge is 0.361 e. The Kier molecular flexibility index (Phi) is 3.90. The molecule has 4 nitrogen and oxygen atoms in total. The number of hydrogen-bond acceptors (Lipinski definition) is 1. The highest BCUT2D eigenvalue weighted by atomic mass is 16.2. The number of aromatic nitrogens is 1. The SMILES string of the molecule is NC(=O)N1CCc2c(-c3ccccc3)cccc2C1c1c[nH]c2ccccc12. The molecule has 1 aliphatic rings. The standard InChI is InChI=1S/C24H21N3O/c25-24(28)27-14-13-18-17(16-7-2-1-3-8-16)10-6-11-20(18)23(27)21-15-26-22-12-5-4-9-19(21)22/h1-12,15,23,26H,13-14H2,(H2,25,28). The maximum Gasteiger partial charge on any atom is 0.315 e. The van der Waals surface area contributed by atoms with Crippen molar-refractivity contribution >= 4 is 16.9 Å². The van der Waals surface area contributed by atoms with Crippen LogP contribution >= 0.6 is 0 Å². The van der Waals surface area contributed by atoms with Crippen LogP contribution in [0.2, 0.25) is 0 Å². The van der Waals surface area contributed by atoms with Crippen LogP contribution in [-0.2, 0) is 6.42 Å². The number of fused-ring (bicyclic) bond motifs is 2. The second-order valence-corrected chi connectivity index (χ2v) is 7.21. The number of carbonyl (C=O) groups is 1. The topological polar surface area (TPSA) is 62.1 Å². The maximum atomic E-state index is 12.3. The maximum absolute atomic E-state index is 12.3. The summed E-state index contributed by atoms with van der Waals surface area (Å²) in [6.07, 6.45) is 2.80. The Morgan fingerprint density at radius 2 is 1.71 bits per heavy atom. The fourth-order valence-electron chi connectivity index (χ4n) is 4.45. The van der Waals surface area contributed by atoms with Crippen LogP contribution in [-0.4, -0.2) is 22.5 Å². The molecule has 1 aromatic heterocycles. The van der Waals surface area contributed by atoms with Gasteiger partial charge in [0.05, 0.1) is 6.04 Å². The summed E-state index contributed by atoms with van der Waals surface area (Å²) in [5.74, 6) is 0. The zero-order valence-corrected chi connectivity index (χ0v) is 15.4. The van der Waals surface area contributed by atoms with Crippen molar-refractivity contribution in [1.29, 1.82) is 0 Å². The zero-order chi connectivity index (χ0) is 19.1. The van der Waals surface area contributed by atoms with E-state index in [4.69, 9.17) is 5.73 Å². The molecule has 0 fully saturated rings. The van der Waals surface area contributed by atoms with Crippen LogP contribution in [0.4, 0.5) is 4.79 Å². The van der Waals surface area contributed by atoms with Crippen LogP contribution in [0.5, 0.6) is 0 Å². The van der Waals surface area contributed by atoms with E-state index < -0.39 is 0 Å². The molecule has 0 bridgehead atoms. The van der Waals surface area contributed by atoms with Gasteiger partial charge < -0.3 is 15.6 Å². The van der Waals surface area contributed by atoms with E-state index in [2.05, 4.69) is 59.6 Å². The van der Waals surface area contributed by atoms with E-state index in [1.54, 1.807) is 4.90 Å². The van der Waals surface area contributed by atoms with E-state index in [9.17, 15) is 4.79 Å². The van der Waals surface area contributed by atoms with Crippen molar-refractivity contribution in [2.75, 3.05) is 6.54 Å². The number of nitrogens with one attached hydrogen (secondary N) is 1. The number of rotatable bonds is 2. The number of carbonyl (C=O) groups excluding carboxylic acids is 1. The minimum atomic E-state index is -0.383. The monoisotopic (exact) mass is 367 g/mol. The lowest BCUT2D eigenvalue weighted by Crippen LogP contribution is -2.43. The van der Waals surface area contributed by atoms with Crippen molar-refractivity contribution < 1.29 is 4.79 Å². The molecule has 5 rings (SSSR count). The van der Waals surface area contributed by atoms with Crippen molar-refractivity contribution in [1.82, 2.24) is 9.88 Å². The van der Waals surface area contributed by atoms with Gasteiger partial charge in [-0.25, -0.2) is 4.79 Å². The van der Waals surface area contributed by atoms with Gasteiger partial charge in [-0.2, -0.15) is 0 Å². The van der Waals surface area contributed by atoms with E-state index in [1.165, 1.54) is 16.7 Å². The van der Waals surface area contributed by atoms with Crippen LogP contribution in [0, 0.1) is 0 Å². The molecular weight excluding hydrogens is 346 g/mol. The van der Waals surface area contributed by atoms with Gasteiger partial charge >= 0.3 is 6.03 Å². The van der Waals surface area contributed by atoms with Gasteiger partial charge in [0.25, 0.3) is 0 Å². The summed E-state index contributed by atoms with van der Waals surface area (Å²) in [5.41, 5.74) is 12.8. The Balaban J connectivity index is 1.73. The zero-order valence-electron chi connectivity index (χ0n) is 15.4. The molecule has 2 amide bonds. The highest BCUT2D eigenvalue weighted by Crippen LogP contribution is 2.41. The summed E-state index contributed by atoms with van der Waals surface area (Å²) in [5, 5.41) is 1.12. The number of benzene rings is 3. The lowest BCUT2D eigenvalue weighted by atomic mass is 9.84. The number of nitrogens with two attached hydrogens (primary N) is 1. The molecule has 1 atom stereocenters. The first-order chi connectivity index (χ1) is 13.7. The van der Waals surface area contributed by atoms with Gasteiger partial charge in [-0.3, -0.25) is 0 Å². The summed E-state index contributed by atoms with van der Waals surface area (Å²) in [6, 6.07) is 24.4. The third-order valence-corrected chi connectivity index (χ3v) is 5.70. The number of urea groups is 1. The summed E-state index contributed by atoms with van der Waals surface area (Å²) in [4.78, 5) is 17.4. The number of hydrogen-bond donors (Lipinski definition) is 2. The summed E-state index contributed by atoms with van der Waals surface area (Å²) < 4.78 is 0. The molecule has 3 N–H and O–H groups in total. The molecule has 2 heterocycles.